The minimum atomic E-state index is 0.0731. The number of aliphatic hydroxyl groups is 1. The number of aliphatic hydroxyl groups excluding tert-OH is 1. The maximum absolute atomic E-state index is 8.84. The van der Waals surface area contributed by atoms with Crippen LogP contribution in [-0.2, 0) is 6.42 Å². The molecule has 1 aromatic carbocycles. The van der Waals surface area contributed by atoms with Gasteiger partial charge in [0.15, 0.2) is 0 Å². The Bertz CT molecular complexity index is 508. The van der Waals surface area contributed by atoms with E-state index in [0.29, 0.717) is 6.42 Å². The van der Waals surface area contributed by atoms with Crippen LogP contribution in [0, 0.1) is 6.92 Å². The van der Waals surface area contributed by atoms with Crippen molar-refractivity contribution in [2.45, 2.75) is 13.3 Å². The van der Waals surface area contributed by atoms with E-state index < -0.39 is 0 Å². The first-order chi connectivity index (χ1) is 8.24. The van der Waals surface area contributed by atoms with E-state index in [1.807, 2.05) is 25.1 Å². The van der Waals surface area contributed by atoms with Gasteiger partial charge in [-0.3, -0.25) is 0 Å². The van der Waals surface area contributed by atoms with Gasteiger partial charge >= 0.3 is 0 Å². The molecule has 1 N–H and O–H groups in total. The summed E-state index contributed by atoms with van der Waals surface area (Å²) in [4.78, 5) is 0. The average Bonchev–Trinajstić information content (AvgIpc) is 2.78. The van der Waals surface area contributed by atoms with Crippen molar-refractivity contribution >= 4 is 0 Å². The topological polar surface area (TPSA) is 60.2 Å². The quantitative estimate of drug-likeness (QED) is 0.859. The fourth-order valence-corrected chi connectivity index (χ4v) is 1.62. The number of methoxy groups -OCH3 is 1. The van der Waals surface area contributed by atoms with E-state index >= 15 is 0 Å². The number of nitrogens with zero attached hydrogens (tertiary/aromatic N) is 3. The Balaban J connectivity index is 2.40. The summed E-state index contributed by atoms with van der Waals surface area (Å²) in [7, 11) is 1.62. The number of rotatable bonds is 4. The van der Waals surface area contributed by atoms with Gasteiger partial charge in [-0.1, -0.05) is 11.3 Å². The second-order valence-corrected chi connectivity index (χ2v) is 3.80. The van der Waals surface area contributed by atoms with Gasteiger partial charge in [-0.2, -0.15) is 0 Å². The molecule has 2 rings (SSSR count). The molecule has 0 radical (unpaired) electrons. The summed E-state index contributed by atoms with van der Waals surface area (Å²) in [5, 5.41) is 16.9. The van der Waals surface area contributed by atoms with Gasteiger partial charge in [0, 0.05) is 13.0 Å². The molecule has 0 aliphatic carbocycles. The third-order valence-corrected chi connectivity index (χ3v) is 2.49. The first kappa shape index (κ1) is 11.6. The second-order valence-electron chi connectivity index (χ2n) is 3.80. The highest BCUT2D eigenvalue weighted by Crippen LogP contribution is 2.23. The molecule has 0 amide bonds. The maximum atomic E-state index is 8.84. The lowest BCUT2D eigenvalue weighted by Gasteiger charge is -2.08. The highest BCUT2D eigenvalue weighted by atomic mass is 16.5. The van der Waals surface area contributed by atoms with Crippen molar-refractivity contribution in [1.82, 2.24) is 15.0 Å². The van der Waals surface area contributed by atoms with Gasteiger partial charge in [0.2, 0.25) is 0 Å². The van der Waals surface area contributed by atoms with Gasteiger partial charge in [-0.05, 0) is 24.6 Å². The number of hydrogen-bond donors (Lipinski definition) is 1. The van der Waals surface area contributed by atoms with Crippen LogP contribution in [0.2, 0.25) is 0 Å². The summed E-state index contributed by atoms with van der Waals surface area (Å²) >= 11 is 0. The van der Waals surface area contributed by atoms with Crippen LogP contribution in [0.1, 0.15) is 11.3 Å². The average molecular weight is 233 g/mol. The molecule has 90 valence electrons. The van der Waals surface area contributed by atoms with E-state index in [2.05, 4.69) is 10.3 Å². The zero-order chi connectivity index (χ0) is 12.3. The van der Waals surface area contributed by atoms with E-state index in [1.54, 1.807) is 18.0 Å². The highest BCUT2D eigenvalue weighted by Gasteiger charge is 2.08. The molecular weight excluding hydrogens is 218 g/mol. The van der Waals surface area contributed by atoms with Crippen LogP contribution < -0.4 is 4.74 Å². The normalized spacial score (nSPS) is 10.5. The lowest BCUT2D eigenvalue weighted by atomic mass is 10.2. The Kier molecular flexibility index (Phi) is 3.39. The van der Waals surface area contributed by atoms with Gasteiger partial charge in [0.1, 0.15) is 11.4 Å². The number of aromatic nitrogens is 3. The Morgan fingerprint density at radius 3 is 2.94 bits per heavy atom. The summed E-state index contributed by atoms with van der Waals surface area (Å²) < 4.78 is 6.95. The number of ether oxygens (including phenoxy) is 1. The third kappa shape index (κ3) is 2.45. The molecule has 0 bridgehead atoms. The van der Waals surface area contributed by atoms with Crippen LogP contribution in [0.4, 0.5) is 0 Å². The van der Waals surface area contributed by atoms with Crippen molar-refractivity contribution in [2.24, 2.45) is 0 Å². The SMILES string of the molecule is COc1ccc(C)cc1-n1cc(CCO)nn1. The van der Waals surface area contributed by atoms with Crippen molar-refractivity contribution in [1.29, 1.82) is 0 Å². The van der Waals surface area contributed by atoms with Crippen molar-refractivity contribution in [3.63, 3.8) is 0 Å². The Morgan fingerprint density at radius 1 is 1.41 bits per heavy atom. The van der Waals surface area contributed by atoms with E-state index in [0.717, 1.165) is 22.7 Å². The summed E-state index contributed by atoms with van der Waals surface area (Å²) in [6.07, 6.45) is 2.31. The number of hydrogen-bond acceptors (Lipinski definition) is 4. The lowest BCUT2D eigenvalue weighted by molar-refractivity contribution is 0.298. The van der Waals surface area contributed by atoms with Gasteiger partial charge in [0.05, 0.1) is 19.0 Å². The minimum absolute atomic E-state index is 0.0731. The summed E-state index contributed by atoms with van der Waals surface area (Å²) in [5.41, 5.74) is 2.74. The molecule has 0 aliphatic rings. The number of aryl methyl sites for hydroxylation is 1. The van der Waals surface area contributed by atoms with Crippen LogP contribution in [0.3, 0.4) is 0 Å². The lowest BCUT2D eigenvalue weighted by Crippen LogP contribution is -1.99. The summed E-state index contributed by atoms with van der Waals surface area (Å²) in [6, 6.07) is 5.86. The molecule has 5 nitrogen and oxygen atoms in total. The Hall–Kier alpha value is -1.88. The molecule has 1 aromatic heterocycles. The van der Waals surface area contributed by atoms with E-state index in [1.165, 1.54) is 0 Å². The van der Waals surface area contributed by atoms with Crippen LogP contribution >= 0.6 is 0 Å². The molecule has 0 atom stereocenters. The summed E-state index contributed by atoms with van der Waals surface area (Å²) in [5.74, 6) is 0.746. The van der Waals surface area contributed by atoms with E-state index in [4.69, 9.17) is 9.84 Å². The first-order valence-corrected chi connectivity index (χ1v) is 5.41. The fourth-order valence-electron chi connectivity index (χ4n) is 1.62. The van der Waals surface area contributed by atoms with Crippen LogP contribution in [0.25, 0.3) is 5.69 Å². The van der Waals surface area contributed by atoms with Crippen molar-refractivity contribution in [2.75, 3.05) is 13.7 Å². The second kappa shape index (κ2) is 4.97. The van der Waals surface area contributed by atoms with Crippen LogP contribution in [0.15, 0.2) is 24.4 Å². The zero-order valence-electron chi connectivity index (χ0n) is 9.92. The van der Waals surface area contributed by atoms with Crippen LogP contribution in [0.5, 0.6) is 5.75 Å². The Morgan fingerprint density at radius 2 is 2.24 bits per heavy atom. The van der Waals surface area contributed by atoms with E-state index in [9.17, 15) is 0 Å². The predicted molar refractivity (Wildman–Crippen MR) is 63.4 cm³/mol. The molecule has 2 aromatic rings. The largest absolute Gasteiger partial charge is 0.494 e. The molecular formula is C12H15N3O2. The number of benzene rings is 1. The van der Waals surface area contributed by atoms with Gasteiger partial charge in [-0.15, -0.1) is 5.10 Å². The molecule has 0 unspecified atom stereocenters. The van der Waals surface area contributed by atoms with Gasteiger partial charge < -0.3 is 9.84 Å². The van der Waals surface area contributed by atoms with Crippen LogP contribution in [-0.4, -0.2) is 33.8 Å². The van der Waals surface area contributed by atoms with Crippen molar-refractivity contribution < 1.29 is 9.84 Å². The molecule has 0 saturated heterocycles. The third-order valence-electron chi connectivity index (χ3n) is 2.49. The first-order valence-electron chi connectivity index (χ1n) is 5.41. The molecule has 0 spiro atoms. The standard InChI is InChI=1S/C12H15N3O2/c1-9-3-4-12(17-2)11(7-9)15-8-10(5-6-16)13-14-15/h3-4,7-8,16H,5-6H2,1-2H3. The predicted octanol–water partition coefficient (Wildman–Crippen LogP) is 1.12. The maximum Gasteiger partial charge on any atom is 0.144 e. The summed E-state index contributed by atoms with van der Waals surface area (Å²) in [6.45, 7) is 2.08. The van der Waals surface area contributed by atoms with Crippen molar-refractivity contribution in [3.05, 3.63) is 35.7 Å². The fraction of sp³-hybridized carbons (Fsp3) is 0.333. The smallest absolute Gasteiger partial charge is 0.144 e. The molecule has 0 aliphatic heterocycles. The van der Waals surface area contributed by atoms with Gasteiger partial charge in [-0.25, -0.2) is 4.68 Å². The molecule has 5 heteroatoms. The Labute approximate surface area is 99.7 Å². The van der Waals surface area contributed by atoms with E-state index in [-0.39, 0.29) is 6.61 Å². The highest BCUT2D eigenvalue weighted by molar-refractivity contribution is 5.48. The molecule has 17 heavy (non-hydrogen) atoms. The van der Waals surface area contributed by atoms with Gasteiger partial charge in [0.25, 0.3) is 0 Å². The monoisotopic (exact) mass is 233 g/mol. The molecule has 0 fully saturated rings. The van der Waals surface area contributed by atoms with Crippen molar-refractivity contribution in [3.8, 4) is 11.4 Å². The molecule has 0 saturated carbocycles. The zero-order valence-corrected chi connectivity index (χ0v) is 9.92. The minimum Gasteiger partial charge on any atom is -0.494 e. The molecule has 1 heterocycles.